The van der Waals surface area contributed by atoms with E-state index < -0.39 is 10.0 Å². The normalized spacial score (nSPS) is 15.9. The number of methoxy groups -OCH3 is 2. The molecule has 1 heterocycles. The molecule has 2 aromatic carbocycles. The summed E-state index contributed by atoms with van der Waals surface area (Å²) in [5.74, 6) is 0.280. The van der Waals surface area contributed by atoms with Gasteiger partial charge in [0.2, 0.25) is 10.0 Å². The molecule has 1 fully saturated rings. The summed E-state index contributed by atoms with van der Waals surface area (Å²) in [6, 6.07) is 13.8. The smallest absolute Gasteiger partial charge is 0.337 e. The summed E-state index contributed by atoms with van der Waals surface area (Å²) in [4.78, 5) is 13.1. The molecule has 0 aliphatic carbocycles. The van der Waals surface area contributed by atoms with Gasteiger partial charge in [-0.3, -0.25) is 0 Å². The second-order valence-corrected chi connectivity index (χ2v) is 8.63. The maximum atomic E-state index is 12.8. The number of hydrogen-bond acceptors (Lipinski definition) is 5. The molecule has 0 spiro atoms. The number of carbonyl (C=O) groups is 1. The quantitative estimate of drug-likeness (QED) is 0.711. The van der Waals surface area contributed by atoms with Gasteiger partial charge >= 0.3 is 5.97 Å². The first kappa shape index (κ1) is 20.3. The van der Waals surface area contributed by atoms with Crippen molar-refractivity contribution in [3.63, 3.8) is 0 Å². The lowest BCUT2D eigenvalue weighted by Gasteiger charge is -2.31. The molecule has 7 nitrogen and oxygen atoms in total. The van der Waals surface area contributed by atoms with Crippen molar-refractivity contribution in [3.8, 4) is 5.75 Å². The monoisotopic (exact) mass is 405 g/mol. The molecule has 1 saturated heterocycles. The van der Waals surface area contributed by atoms with Crippen LogP contribution in [0.1, 0.15) is 15.9 Å². The minimum absolute atomic E-state index is 0.287. The van der Waals surface area contributed by atoms with E-state index in [4.69, 9.17) is 9.47 Å². The maximum Gasteiger partial charge on any atom is 0.337 e. The Kier molecular flexibility index (Phi) is 6.33. The molecule has 0 unspecified atom stereocenters. The molecular formula is C20H25N2O5S+. The van der Waals surface area contributed by atoms with Crippen molar-refractivity contribution < 1.29 is 27.6 Å². The molecule has 0 saturated carbocycles. The molecule has 1 aliphatic heterocycles. The summed E-state index contributed by atoms with van der Waals surface area (Å²) in [7, 11) is -0.577. The highest BCUT2D eigenvalue weighted by molar-refractivity contribution is 7.89. The third kappa shape index (κ3) is 4.52. The molecule has 2 aromatic rings. The first-order valence-corrected chi connectivity index (χ1v) is 10.5. The van der Waals surface area contributed by atoms with E-state index in [1.165, 1.54) is 12.0 Å². The Morgan fingerprint density at radius 2 is 1.61 bits per heavy atom. The van der Waals surface area contributed by atoms with Crippen LogP contribution in [0.5, 0.6) is 5.75 Å². The van der Waals surface area contributed by atoms with Crippen molar-refractivity contribution in [1.82, 2.24) is 4.31 Å². The van der Waals surface area contributed by atoms with E-state index >= 15 is 0 Å². The molecule has 8 heteroatoms. The number of esters is 1. The average molecular weight is 405 g/mol. The van der Waals surface area contributed by atoms with E-state index in [2.05, 4.69) is 0 Å². The summed E-state index contributed by atoms with van der Waals surface area (Å²) in [6.07, 6.45) is 0. The van der Waals surface area contributed by atoms with E-state index in [9.17, 15) is 13.2 Å². The van der Waals surface area contributed by atoms with Crippen LogP contribution in [-0.2, 0) is 21.3 Å². The number of hydrogen-bond donors (Lipinski definition) is 1. The highest BCUT2D eigenvalue weighted by Gasteiger charge is 2.30. The predicted molar refractivity (Wildman–Crippen MR) is 104 cm³/mol. The van der Waals surface area contributed by atoms with Gasteiger partial charge in [-0.25, -0.2) is 13.2 Å². The second-order valence-electron chi connectivity index (χ2n) is 6.69. The largest absolute Gasteiger partial charge is 0.497 e. The SMILES string of the molecule is COC(=O)c1ccc(C[NH+]2CCN(S(=O)(=O)c3ccc(OC)cc3)CC2)cc1. The Morgan fingerprint density at radius 3 is 2.14 bits per heavy atom. The van der Waals surface area contributed by atoms with E-state index in [1.54, 1.807) is 47.8 Å². The zero-order valence-electron chi connectivity index (χ0n) is 16.1. The van der Waals surface area contributed by atoms with Crippen LogP contribution in [0.2, 0.25) is 0 Å². The third-order valence-corrected chi connectivity index (χ3v) is 6.87. The lowest BCUT2D eigenvalue weighted by molar-refractivity contribution is -0.917. The van der Waals surface area contributed by atoms with E-state index in [0.29, 0.717) is 24.4 Å². The Morgan fingerprint density at radius 1 is 1.00 bits per heavy atom. The Hall–Kier alpha value is -2.42. The van der Waals surface area contributed by atoms with Gasteiger partial charge < -0.3 is 14.4 Å². The molecule has 1 aliphatic rings. The predicted octanol–water partition coefficient (Wildman–Crippen LogP) is 0.571. The molecule has 0 aromatic heterocycles. The summed E-state index contributed by atoms with van der Waals surface area (Å²) < 4.78 is 37.0. The van der Waals surface area contributed by atoms with Gasteiger partial charge in [-0.1, -0.05) is 12.1 Å². The van der Waals surface area contributed by atoms with Crippen LogP contribution in [0, 0.1) is 0 Å². The molecule has 28 heavy (non-hydrogen) atoms. The van der Waals surface area contributed by atoms with Crippen LogP contribution >= 0.6 is 0 Å². The minimum atomic E-state index is -3.49. The zero-order valence-corrected chi connectivity index (χ0v) is 16.9. The summed E-state index contributed by atoms with van der Waals surface area (Å²) in [6.45, 7) is 3.20. The molecular weight excluding hydrogens is 380 g/mol. The number of sulfonamides is 1. The van der Waals surface area contributed by atoms with Crippen LogP contribution < -0.4 is 9.64 Å². The fourth-order valence-corrected chi connectivity index (χ4v) is 4.72. The highest BCUT2D eigenvalue weighted by atomic mass is 32.2. The number of nitrogens with zero attached hydrogens (tertiary/aromatic N) is 1. The van der Waals surface area contributed by atoms with E-state index in [-0.39, 0.29) is 10.9 Å². The highest BCUT2D eigenvalue weighted by Crippen LogP contribution is 2.19. The Bertz CT molecular complexity index is 903. The number of benzene rings is 2. The molecule has 0 bridgehead atoms. The fourth-order valence-electron chi connectivity index (χ4n) is 3.28. The summed E-state index contributed by atoms with van der Waals surface area (Å²) in [5, 5.41) is 0. The third-order valence-electron chi connectivity index (χ3n) is 4.96. The second kappa shape index (κ2) is 8.72. The molecule has 3 rings (SSSR count). The van der Waals surface area contributed by atoms with Crippen LogP contribution in [0.4, 0.5) is 0 Å². The maximum absolute atomic E-state index is 12.8. The van der Waals surface area contributed by atoms with E-state index in [1.807, 2.05) is 12.1 Å². The molecule has 1 N–H and O–H groups in total. The van der Waals surface area contributed by atoms with Gasteiger partial charge in [0.1, 0.15) is 12.3 Å². The van der Waals surface area contributed by atoms with Gasteiger partial charge in [-0.2, -0.15) is 4.31 Å². The van der Waals surface area contributed by atoms with Crippen molar-refractivity contribution in [2.24, 2.45) is 0 Å². The molecule has 0 atom stereocenters. The van der Waals surface area contributed by atoms with Crippen molar-refractivity contribution >= 4 is 16.0 Å². The molecule has 150 valence electrons. The standard InChI is InChI=1S/C20H24N2O5S/c1-26-18-7-9-19(10-8-18)28(24,25)22-13-11-21(12-14-22)15-16-3-5-17(6-4-16)20(23)27-2/h3-10H,11-15H2,1-2H3/p+1. The van der Waals surface area contributed by atoms with Crippen LogP contribution in [0.25, 0.3) is 0 Å². The number of carbonyl (C=O) groups excluding carboxylic acids is 1. The Balaban J connectivity index is 1.58. The average Bonchev–Trinajstić information content (AvgIpc) is 2.74. The minimum Gasteiger partial charge on any atom is -0.497 e. The molecule has 0 amide bonds. The van der Waals surface area contributed by atoms with Gasteiger partial charge in [0.15, 0.2) is 0 Å². The Labute approximate surface area is 165 Å². The van der Waals surface area contributed by atoms with Gasteiger partial charge in [0.05, 0.1) is 50.9 Å². The number of ether oxygens (including phenoxy) is 2. The van der Waals surface area contributed by atoms with Gasteiger partial charge in [-0.05, 0) is 36.4 Å². The van der Waals surface area contributed by atoms with Crippen LogP contribution in [-0.4, -0.2) is 59.1 Å². The zero-order chi connectivity index (χ0) is 20.1. The van der Waals surface area contributed by atoms with E-state index in [0.717, 1.165) is 25.2 Å². The van der Waals surface area contributed by atoms with Crippen molar-refractivity contribution in [2.45, 2.75) is 11.4 Å². The lowest BCUT2D eigenvalue weighted by atomic mass is 10.1. The number of quaternary nitrogens is 1. The van der Waals surface area contributed by atoms with Crippen molar-refractivity contribution in [3.05, 3.63) is 59.7 Å². The van der Waals surface area contributed by atoms with Gasteiger partial charge in [0, 0.05) is 5.56 Å². The lowest BCUT2D eigenvalue weighted by Crippen LogP contribution is -3.13. The first-order chi connectivity index (χ1) is 13.4. The van der Waals surface area contributed by atoms with Crippen molar-refractivity contribution in [2.75, 3.05) is 40.4 Å². The van der Waals surface area contributed by atoms with Crippen molar-refractivity contribution in [1.29, 1.82) is 0 Å². The van der Waals surface area contributed by atoms with Gasteiger partial charge in [0.25, 0.3) is 0 Å². The first-order valence-electron chi connectivity index (χ1n) is 9.09. The summed E-state index contributed by atoms with van der Waals surface area (Å²) in [5.41, 5.74) is 1.63. The topological polar surface area (TPSA) is 77.4 Å². The number of rotatable bonds is 6. The number of nitrogens with one attached hydrogen (secondary N) is 1. The number of piperazine rings is 1. The fraction of sp³-hybridized carbons (Fsp3) is 0.350. The van der Waals surface area contributed by atoms with Crippen LogP contribution in [0.15, 0.2) is 53.4 Å². The van der Waals surface area contributed by atoms with Crippen LogP contribution in [0.3, 0.4) is 0 Å². The molecule has 0 radical (unpaired) electrons. The van der Waals surface area contributed by atoms with Gasteiger partial charge in [-0.15, -0.1) is 0 Å². The summed E-state index contributed by atoms with van der Waals surface area (Å²) >= 11 is 0.